The molecule has 13 heavy (non-hydrogen) atoms. The number of methoxy groups -OCH3 is 2. The van der Waals surface area contributed by atoms with Gasteiger partial charge in [-0.15, -0.1) is 0 Å². The molecular formula is C7H9N3O3. The van der Waals surface area contributed by atoms with Crippen molar-refractivity contribution in [2.45, 2.75) is 0 Å². The minimum atomic E-state index is -0.000648. The lowest BCUT2D eigenvalue weighted by Gasteiger charge is -2.06. The molecule has 0 fully saturated rings. The van der Waals surface area contributed by atoms with Crippen LogP contribution in [0.25, 0.3) is 0 Å². The summed E-state index contributed by atoms with van der Waals surface area (Å²) in [4.78, 5) is 18.0. The van der Waals surface area contributed by atoms with Gasteiger partial charge in [0.05, 0.1) is 14.2 Å². The molecule has 0 aliphatic carbocycles. The fourth-order valence-electron chi connectivity index (χ4n) is 0.857. The molecule has 0 aliphatic heterocycles. The summed E-state index contributed by atoms with van der Waals surface area (Å²) in [5.74, 6) is 0.220. The lowest BCUT2D eigenvalue weighted by atomic mass is 10.3. The lowest BCUT2D eigenvalue weighted by molar-refractivity contribution is 0.111. The summed E-state index contributed by atoms with van der Waals surface area (Å²) in [6.07, 6.45) is 0.553. The number of aromatic nitrogens is 2. The van der Waals surface area contributed by atoms with Crippen molar-refractivity contribution < 1.29 is 14.3 Å². The number of anilines is 1. The molecule has 0 amide bonds. The highest BCUT2D eigenvalue weighted by Crippen LogP contribution is 2.22. The van der Waals surface area contributed by atoms with E-state index in [0.29, 0.717) is 6.29 Å². The second-order valence-corrected chi connectivity index (χ2v) is 2.13. The van der Waals surface area contributed by atoms with Crippen LogP contribution in [-0.4, -0.2) is 30.5 Å². The van der Waals surface area contributed by atoms with Gasteiger partial charge < -0.3 is 15.2 Å². The molecule has 1 aromatic heterocycles. The molecule has 0 unspecified atom stereocenters. The van der Waals surface area contributed by atoms with E-state index in [9.17, 15) is 4.79 Å². The molecule has 70 valence electrons. The molecular weight excluding hydrogens is 174 g/mol. The summed E-state index contributed by atoms with van der Waals surface area (Å²) in [6.45, 7) is 0. The first-order valence-electron chi connectivity index (χ1n) is 3.43. The van der Waals surface area contributed by atoms with Gasteiger partial charge in [-0.2, -0.15) is 9.97 Å². The minimum absolute atomic E-state index is 0.000648. The highest BCUT2D eigenvalue weighted by molar-refractivity contribution is 5.81. The molecule has 6 nitrogen and oxygen atoms in total. The predicted octanol–water partition coefficient (Wildman–Crippen LogP) is -0.112. The van der Waals surface area contributed by atoms with Crippen molar-refractivity contribution in [2.75, 3.05) is 20.0 Å². The molecule has 0 aromatic carbocycles. The fraction of sp³-hybridized carbons (Fsp3) is 0.286. The molecule has 1 heterocycles. The molecule has 1 rings (SSSR count). The number of carbonyl (C=O) groups is 1. The van der Waals surface area contributed by atoms with Crippen LogP contribution in [0.3, 0.4) is 0 Å². The van der Waals surface area contributed by atoms with Crippen LogP contribution < -0.4 is 15.2 Å². The molecule has 1 aromatic rings. The molecule has 0 saturated heterocycles. The first kappa shape index (κ1) is 9.24. The summed E-state index contributed by atoms with van der Waals surface area (Å²) >= 11 is 0. The van der Waals surface area contributed by atoms with Gasteiger partial charge in [0.15, 0.2) is 6.29 Å². The summed E-state index contributed by atoms with van der Waals surface area (Å²) in [7, 11) is 2.77. The molecule has 0 radical (unpaired) electrons. The summed E-state index contributed by atoms with van der Waals surface area (Å²) in [6, 6.07) is 0. The monoisotopic (exact) mass is 183 g/mol. The van der Waals surface area contributed by atoms with E-state index in [-0.39, 0.29) is 23.3 Å². The first-order valence-corrected chi connectivity index (χ1v) is 3.43. The topological polar surface area (TPSA) is 87.3 Å². The van der Waals surface area contributed by atoms with Gasteiger partial charge in [-0.05, 0) is 0 Å². The number of hydrogen-bond donors (Lipinski definition) is 1. The SMILES string of the molecule is COc1nc(N)nc(OC)c1C=O. The highest BCUT2D eigenvalue weighted by Gasteiger charge is 2.13. The minimum Gasteiger partial charge on any atom is -0.480 e. The number of ether oxygens (including phenoxy) is 2. The zero-order valence-electron chi connectivity index (χ0n) is 7.27. The number of hydrogen-bond acceptors (Lipinski definition) is 6. The highest BCUT2D eigenvalue weighted by atomic mass is 16.5. The van der Waals surface area contributed by atoms with E-state index >= 15 is 0 Å². The quantitative estimate of drug-likeness (QED) is 0.658. The molecule has 0 aliphatic rings. The molecule has 2 N–H and O–H groups in total. The van der Waals surface area contributed by atoms with Crippen molar-refractivity contribution in [3.05, 3.63) is 5.56 Å². The van der Waals surface area contributed by atoms with Crippen LogP contribution >= 0.6 is 0 Å². The number of aldehydes is 1. The van der Waals surface area contributed by atoms with Crippen molar-refractivity contribution in [3.8, 4) is 11.8 Å². The molecule has 0 spiro atoms. The van der Waals surface area contributed by atoms with Gasteiger partial charge >= 0.3 is 0 Å². The van der Waals surface area contributed by atoms with Gasteiger partial charge in [0.1, 0.15) is 5.56 Å². The Bertz CT molecular complexity index is 302. The number of rotatable bonds is 3. The summed E-state index contributed by atoms with van der Waals surface area (Å²) < 4.78 is 9.63. The van der Waals surface area contributed by atoms with Crippen molar-refractivity contribution in [1.82, 2.24) is 9.97 Å². The van der Waals surface area contributed by atoms with E-state index in [4.69, 9.17) is 15.2 Å². The van der Waals surface area contributed by atoms with Crippen LogP contribution in [0.5, 0.6) is 11.8 Å². The standard InChI is InChI=1S/C7H9N3O3/c1-12-5-4(3-11)6(13-2)10-7(8)9-5/h3H,1-2H3,(H2,8,9,10). The van der Waals surface area contributed by atoms with Crippen LogP contribution in [0.2, 0.25) is 0 Å². The van der Waals surface area contributed by atoms with Crippen molar-refractivity contribution in [1.29, 1.82) is 0 Å². The molecule has 6 heteroatoms. The van der Waals surface area contributed by atoms with E-state index in [0.717, 1.165) is 0 Å². The third-order valence-electron chi connectivity index (χ3n) is 1.40. The van der Waals surface area contributed by atoms with Gasteiger partial charge in [0, 0.05) is 0 Å². The Kier molecular flexibility index (Phi) is 2.63. The maximum absolute atomic E-state index is 10.6. The maximum atomic E-state index is 10.6. The van der Waals surface area contributed by atoms with Crippen LogP contribution in [-0.2, 0) is 0 Å². The Morgan fingerprint density at radius 1 is 1.23 bits per heavy atom. The predicted molar refractivity (Wildman–Crippen MR) is 44.9 cm³/mol. The lowest BCUT2D eigenvalue weighted by Crippen LogP contribution is -2.04. The Balaban J connectivity index is 3.33. The van der Waals surface area contributed by atoms with Crippen molar-refractivity contribution in [3.63, 3.8) is 0 Å². The third-order valence-corrected chi connectivity index (χ3v) is 1.40. The zero-order chi connectivity index (χ0) is 9.84. The largest absolute Gasteiger partial charge is 0.480 e. The Morgan fingerprint density at radius 3 is 2.00 bits per heavy atom. The number of nitrogen functional groups attached to an aromatic ring is 1. The normalized spacial score (nSPS) is 9.38. The zero-order valence-corrected chi connectivity index (χ0v) is 7.27. The average Bonchev–Trinajstić information content (AvgIpc) is 2.16. The second-order valence-electron chi connectivity index (χ2n) is 2.13. The smallest absolute Gasteiger partial charge is 0.232 e. The second kappa shape index (κ2) is 3.70. The van der Waals surface area contributed by atoms with E-state index in [1.54, 1.807) is 0 Å². The van der Waals surface area contributed by atoms with Crippen molar-refractivity contribution >= 4 is 12.2 Å². The van der Waals surface area contributed by atoms with E-state index in [2.05, 4.69) is 9.97 Å². The molecule has 0 bridgehead atoms. The Hall–Kier alpha value is -1.85. The van der Waals surface area contributed by atoms with Crippen LogP contribution in [0, 0.1) is 0 Å². The van der Waals surface area contributed by atoms with Gasteiger partial charge in [0.2, 0.25) is 17.7 Å². The number of nitrogens with two attached hydrogens (primary N) is 1. The van der Waals surface area contributed by atoms with Gasteiger partial charge in [-0.3, -0.25) is 4.79 Å². The Morgan fingerprint density at radius 2 is 1.69 bits per heavy atom. The first-order chi connectivity index (χ1) is 6.22. The summed E-state index contributed by atoms with van der Waals surface area (Å²) in [5, 5.41) is 0. The van der Waals surface area contributed by atoms with Gasteiger partial charge in [0.25, 0.3) is 0 Å². The van der Waals surface area contributed by atoms with E-state index in [1.807, 2.05) is 0 Å². The van der Waals surface area contributed by atoms with E-state index < -0.39 is 0 Å². The number of carbonyl (C=O) groups excluding carboxylic acids is 1. The van der Waals surface area contributed by atoms with Crippen LogP contribution in [0.1, 0.15) is 10.4 Å². The van der Waals surface area contributed by atoms with Gasteiger partial charge in [-0.25, -0.2) is 0 Å². The molecule has 0 atom stereocenters. The van der Waals surface area contributed by atoms with Crippen LogP contribution in [0.15, 0.2) is 0 Å². The van der Waals surface area contributed by atoms with Crippen LogP contribution in [0.4, 0.5) is 5.95 Å². The maximum Gasteiger partial charge on any atom is 0.232 e. The van der Waals surface area contributed by atoms with E-state index in [1.165, 1.54) is 14.2 Å². The van der Waals surface area contributed by atoms with Crippen molar-refractivity contribution in [2.24, 2.45) is 0 Å². The number of nitrogens with zero attached hydrogens (tertiary/aromatic N) is 2. The fourth-order valence-corrected chi connectivity index (χ4v) is 0.857. The Labute approximate surface area is 74.7 Å². The third kappa shape index (κ3) is 1.66. The molecule has 0 saturated carbocycles. The average molecular weight is 183 g/mol. The van der Waals surface area contributed by atoms with Gasteiger partial charge in [-0.1, -0.05) is 0 Å². The summed E-state index contributed by atoms with van der Waals surface area (Å²) in [5.41, 5.74) is 5.49.